The molecule has 1 amide bonds. The van der Waals surface area contributed by atoms with Crippen LogP contribution in [0.4, 0.5) is 5.00 Å². The molecule has 0 radical (unpaired) electrons. The van der Waals surface area contributed by atoms with Crippen LogP contribution in [0.1, 0.15) is 19.4 Å². The quantitative estimate of drug-likeness (QED) is 0.873. The molecule has 2 N–H and O–H groups in total. The summed E-state index contributed by atoms with van der Waals surface area (Å²) >= 11 is 1.38. The summed E-state index contributed by atoms with van der Waals surface area (Å²) in [7, 11) is 0. The van der Waals surface area contributed by atoms with Gasteiger partial charge in [-0.2, -0.15) is 5.26 Å². The standard InChI is InChI=1S/C13H18N4OS/c1-9-6-17(7-10(2)15-9)8-12(18)16-13-11(5-14)3-4-19-13/h3-4,9-10,15H,6-8H2,1-2H3,(H,16,18). The molecule has 6 heteroatoms. The Kier molecular flexibility index (Phi) is 4.53. The monoisotopic (exact) mass is 278 g/mol. The van der Waals surface area contributed by atoms with Crippen molar-refractivity contribution in [3.05, 3.63) is 17.0 Å². The Morgan fingerprint density at radius 2 is 2.26 bits per heavy atom. The molecule has 19 heavy (non-hydrogen) atoms. The lowest BCUT2D eigenvalue weighted by molar-refractivity contribution is -0.117. The molecule has 1 saturated heterocycles. The second-order valence-corrected chi connectivity index (χ2v) is 5.90. The highest BCUT2D eigenvalue weighted by atomic mass is 32.1. The summed E-state index contributed by atoms with van der Waals surface area (Å²) in [5.74, 6) is -0.0553. The summed E-state index contributed by atoms with van der Waals surface area (Å²) in [4.78, 5) is 14.1. The number of rotatable bonds is 3. The van der Waals surface area contributed by atoms with Gasteiger partial charge < -0.3 is 10.6 Å². The molecule has 0 spiro atoms. The molecule has 1 fully saturated rings. The van der Waals surface area contributed by atoms with Crippen molar-refractivity contribution in [2.45, 2.75) is 25.9 Å². The number of anilines is 1. The number of carbonyl (C=O) groups excluding carboxylic acids is 1. The van der Waals surface area contributed by atoms with Crippen LogP contribution in [0.5, 0.6) is 0 Å². The maximum Gasteiger partial charge on any atom is 0.239 e. The summed E-state index contributed by atoms with van der Waals surface area (Å²) in [6.07, 6.45) is 0. The first-order valence-electron chi connectivity index (χ1n) is 6.34. The van der Waals surface area contributed by atoms with E-state index in [1.54, 1.807) is 6.07 Å². The molecular weight excluding hydrogens is 260 g/mol. The van der Waals surface area contributed by atoms with Gasteiger partial charge in [0.15, 0.2) is 0 Å². The van der Waals surface area contributed by atoms with Gasteiger partial charge in [0.2, 0.25) is 5.91 Å². The van der Waals surface area contributed by atoms with E-state index in [2.05, 4.69) is 35.5 Å². The molecule has 2 heterocycles. The maximum atomic E-state index is 12.0. The summed E-state index contributed by atoms with van der Waals surface area (Å²) in [6, 6.07) is 4.58. The minimum absolute atomic E-state index is 0.0553. The van der Waals surface area contributed by atoms with E-state index in [1.807, 2.05) is 5.38 Å². The molecule has 0 aliphatic carbocycles. The number of thiophene rings is 1. The molecule has 0 bridgehead atoms. The lowest BCUT2D eigenvalue weighted by Gasteiger charge is -2.35. The normalized spacial score (nSPS) is 23.8. The van der Waals surface area contributed by atoms with Gasteiger partial charge in [0.1, 0.15) is 11.1 Å². The number of carbonyl (C=O) groups is 1. The van der Waals surface area contributed by atoms with E-state index in [0.29, 0.717) is 29.2 Å². The summed E-state index contributed by atoms with van der Waals surface area (Å²) in [5, 5.41) is 17.6. The zero-order valence-corrected chi connectivity index (χ0v) is 12.0. The highest BCUT2D eigenvalue weighted by molar-refractivity contribution is 7.14. The zero-order chi connectivity index (χ0) is 13.8. The van der Waals surface area contributed by atoms with Crippen molar-refractivity contribution in [2.24, 2.45) is 0 Å². The third-order valence-corrected chi connectivity index (χ3v) is 3.87. The third kappa shape index (κ3) is 3.77. The van der Waals surface area contributed by atoms with Crippen molar-refractivity contribution in [1.82, 2.24) is 10.2 Å². The summed E-state index contributed by atoms with van der Waals surface area (Å²) in [6.45, 7) is 6.35. The topological polar surface area (TPSA) is 68.2 Å². The molecule has 5 nitrogen and oxygen atoms in total. The second-order valence-electron chi connectivity index (χ2n) is 4.99. The van der Waals surface area contributed by atoms with Gasteiger partial charge in [-0.3, -0.25) is 9.69 Å². The van der Waals surface area contributed by atoms with Gasteiger partial charge in [-0.25, -0.2) is 0 Å². The fourth-order valence-electron chi connectivity index (χ4n) is 2.43. The first-order valence-corrected chi connectivity index (χ1v) is 7.22. The molecule has 2 atom stereocenters. The number of hydrogen-bond donors (Lipinski definition) is 2. The average molecular weight is 278 g/mol. The van der Waals surface area contributed by atoms with E-state index in [9.17, 15) is 4.79 Å². The van der Waals surface area contributed by atoms with Crippen LogP contribution in [0.25, 0.3) is 0 Å². The Morgan fingerprint density at radius 3 is 2.89 bits per heavy atom. The predicted molar refractivity (Wildman–Crippen MR) is 76.2 cm³/mol. The van der Waals surface area contributed by atoms with E-state index in [-0.39, 0.29) is 5.91 Å². The molecule has 1 aliphatic rings. The van der Waals surface area contributed by atoms with E-state index in [0.717, 1.165) is 13.1 Å². The largest absolute Gasteiger partial charge is 0.315 e. The molecule has 0 saturated carbocycles. The van der Waals surface area contributed by atoms with E-state index in [4.69, 9.17) is 5.26 Å². The molecule has 1 aliphatic heterocycles. The van der Waals surface area contributed by atoms with Crippen LogP contribution in [0.3, 0.4) is 0 Å². The van der Waals surface area contributed by atoms with Crippen LogP contribution >= 0.6 is 11.3 Å². The molecule has 2 unspecified atom stereocenters. The van der Waals surface area contributed by atoms with Crippen LogP contribution in [0, 0.1) is 11.3 Å². The van der Waals surface area contributed by atoms with Gasteiger partial charge in [-0.15, -0.1) is 11.3 Å². The third-order valence-electron chi connectivity index (χ3n) is 3.04. The number of nitrogens with zero attached hydrogens (tertiary/aromatic N) is 2. The highest BCUT2D eigenvalue weighted by Crippen LogP contribution is 2.22. The second kappa shape index (κ2) is 6.15. The van der Waals surface area contributed by atoms with Gasteiger partial charge in [-0.05, 0) is 25.3 Å². The van der Waals surface area contributed by atoms with Crippen molar-refractivity contribution >= 4 is 22.2 Å². The first-order chi connectivity index (χ1) is 9.08. The minimum atomic E-state index is -0.0553. The van der Waals surface area contributed by atoms with Crippen molar-refractivity contribution < 1.29 is 4.79 Å². The van der Waals surface area contributed by atoms with Crippen LogP contribution in [-0.4, -0.2) is 42.5 Å². The van der Waals surface area contributed by atoms with Gasteiger partial charge in [-0.1, -0.05) is 0 Å². The Hall–Kier alpha value is -1.42. The smallest absolute Gasteiger partial charge is 0.239 e. The van der Waals surface area contributed by atoms with Crippen molar-refractivity contribution in [3.63, 3.8) is 0 Å². The fourth-order valence-corrected chi connectivity index (χ4v) is 3.19. The maximum absolute atomic E-state index is 12.0. The van der Waals surface area contributed by atoms with E-state index >= 15 is 0 Å². The van der Waals surface area contributed by atoms with Crippen molar-refractivity contribution in [1.29, 1.82) is 5.26 Å². The first kappa shape index (κ1) is 14.0. The molecular formula is C13H18N4OS. The van der Waals surface area contributed by atoms with Gasteiger partial charge >= 0.3 is 0 Å². The summed E-state index contributed by atoms with van der Waals surface area (Å²) < 4.78 is 0. The SMILES string of the molecule is CC1CN(CC(=O)Nc2sccc2C#N)CC(C)N1. The van der Waals surface area contributed by atoms with Crippen LogP contribution in [-0.2, 0) is 4.79 Å². The van der Waals surface area contributed by atoms with Gasteiger partial charge in [0.25, 0.3) is 0 Å². The van der Waals surface area contributed by atoms with Crippen LogP contribution in [0.15, 0.2) is 11.4 Å². The Labute approximate surface area is 117 Å². The molecule has 1 aromatic rings. The number of nitrogens with one attached hydrogen (secondary N) is 2. The average Bonchev–Trinajstić information content (AvgIpc) is 2.74. The molecule has 102 valence electrons. The lowest BCUT2D eigenvalue weighted by Crippen LogP contribution is -2.55. The van der Waals surface area contributed by atoms with Crippen LogP contribution in [0.2, 0.25) is 0 Å². The van der Waals surface area contributed by atoms with Crippen molar-refractivity contribution in [2.75, 3.05) is 25.0 Å². The Morgan fingerprint density at radius 1 is 1.58 bits per heavy atom. The Bertz CT molecular complexity index is 483. The predicted octanol–water partition coefficient (Wildman–Crippen LogP) is 1.24. The number of amides is 1. The fraction of sp³-hybridized carbons (Fsp3) is 0.538. The van der Waals surface area contributed by atoms with Crippen molar-refractivity contribution in [3.8, 4) is 6.07 Å². The number of piperazine rings is 1. The van der Waals surface area contributed by atoms with Gasteiger partial charge in [0.05, 0.1) is 12.1 Å². The number of hydrogen-bond acceptors (Lipinski definition) is 5. The molecule has 1 aromatic heterocycles. The zero-order valence-electron chi connectivity index (χ0n) is 11.1. The van der Waals surface area contributed by atoms with Crippen LogP contribution < -0.4 is 10.6 Å². The van der Waals surface area contributed by atoms with E-state index < -0.39 is 0 Å². The Balaban J connectivity index is 1.89. The molecule has 0 aromatic carbocycles. The van der Waals surface area contributed by atoms with Gasteiger partial charge in [0, 0.05) is 25.2 Å². The minimum Gasteiger partial charge on any atom is -0.315 e. The molecule has 2 rings (SSSR count). The van der Waals surface area contributed by atoms with E-state index in [1.165, 1.54) is 11.3 Å². The summed E-state index contributed by atoms with van der Waals surface area (Å²) in [5.41, 5.74) is 0.528. The lowest BCUT2D eigenvalue weighted by atomic mass is 10.1. The highest BCUT2D eigenvalue weighted by Gasteiger charge is 2.22. The number of nitriles is 1.